The van der Waals surface area contributed by atoms with Crippen molar-refractivity contribution in [2.24, 2.45) is 7.05 Å². The molecule has 0 radical (unpaired) electrons. The standard InChI is InChI=1S/C9H8N2O2S/c1-11-5-10-4-6(11)7-2-3-8(14-7)9(12)13/h2-5H,1H3,(H,12,13). The van der Waals surface area contributed by atoms with Crippen molar-refractivity contribution in [3.63, 3.8) is 0 Å². The van der Waals surface area contributed by atoms with Crippen LogP contribution in [0.15, 0.2) is 24.7 Å². The van der Waals surface area contributed by atoms with Crippen LogP contribution in [0.5, 0.6) is 0 Å². The molecule has 2 aromatic heterocycles. The van der Waals surface area contributed by atoms with Gasteiger partial charge in [-0.25, -0.2) is 9.78 Å². The first-order valence-corrected chi connectivity index (χ1v) is 4.80. The molecule has 0 spiro atoms. The molecule has 0 atom stereocenters. The molecule has 2 rings (SSSR count). The number of nitrogens with zero attached hydrogens (tertiary/aromatic N) is 2. The molecular weight excluding hydrogens is 200 g/mol. The van der Waals surface area contributed by atoms with Crippen molar-refractivity contribution in [2.45, 2.75) is 0 Å². The minimum Gasteiger partial charge on any atom is -0.477 e. The zero-order valence-corrected chi connectivity index (χ0v) is 8.28. The molecule has 0 fully saturated rings. The van der Waals surface area contributed by atoms with Crippen molar-refractivity contribution in [3.05, 3.63) is 29.5 Å². The summed E-state index contributed by atoms with van der Waals surface area (Å²) in [5.74, 6) is -0.886. The number of hydrogen-bond donors (Lipinski definition) is 1. The summed E-state index contributed by atoms with van der Waals surface area (Å²) in [4.78, 5) is 15.9. The average Bonchev–Trinajstić information content (AvgIpc) is 2.71. The van der Waals surface area contributed by atoms with Crippen LogP contribution in [-0.4, -0.2) is 20.6 Å². The quantitative estimate of drug-likeness (QED) is 0.819. The summed E-state index contributed by atoms with van der Waals surface area (Å²) in [5.41, 5.74) is 0.933. The third-order valence-corrected chi connectivity index (χ3v) is 2.98. The Bertz CT molecular complexity index is 473. The van der Waals surface area contributed by atoms with Crippen molar-refractivity contribution in [3.8, 4) is 10.6 Å². The molecule has 72 valence electrons. The van der Waals surface area contributed by atoms with E-state index < -0.39 is 5.97 Å². The highest BCUT2D eigenvalue weighted by Gasteiger charge is 2.09. The molecule has 0 saturated heterocycles. The molecule has 2 heterocycles. The van der Waals surface area contributed by atoms with Gasteiger partial charge in [0.05, 0.1) is 23.1 Å². The first kappa shape index (κ1) is 8.96. The number of carbonyl (C=O) groups is 1. The van der Waals surface area contributed by atoms with Gasteiger partial charge in [0.15, 0.2) is 0 Å². The van der Waals surface area contributed by atoms with Crippen molar-refractivity contribution < 1.29 is 9.90 Å². The fourth-order valence-corrected chi connectivity index (χ4v) is 2.08. The highest BCUT2D eigenvalue weighted by Crippen LogP contribution is 2.27. The molecule has 0 aliphatic rings. The molecule has 0 amide bonds. The second-order valence-electron chi connectivity index (χ2n) is 2.86. The van der Waals surface area contributed by atoms with E-state index in [1.165, 1.54) is 11.3 Å². The number of carboxylic acids is 1. The summed E-state index contributed by atoms with van der Waals surface area (Å²) in [6, 6.07) is 3.40. The Kier molecular flexibility index (Phi) is 2.09. The zero-order chi connectivity index (χ0) is 10.1. The first-order valence-electron chi connectivity index (χ1n) is 3.98. The number of aromatic nitrogens is 2. The van der Waals surface area contributed by atoms with E-state index in [1.54, 1.807) is 24.7 Å². The Balaban J connectivity index is 2.43. The molecule has 1 N–H and O–H groups in total. The molecule has 0 aliphatic heterocycles. The summed E-state index contributed by atoms with van der Waals surface area (Å²) in [5, 5.41) is 8.75. The lowest BCUT2D eigenvalue weighted by atomic mass is 10.3. The minimum atomic E-state index is -0.886. The van der Waals surface area contributed by atoms with Crippen molar-refractivity contribution >= 4 is 17.3 Å². The van der Waals surface area contributed by atoms with E-state index in [-0.39, 0.29) is 0 Å². The lowest BCUT2D eigenvalue weighted by Gasteiger charge is -1.96. The van der Waals surface area contributed by atoms with Gasteiger partial charge >= 0.3 is 5.97 Å². The summed E-state index contributed by atoms with van der Waals surface area (Å²) < 4.78 is 1.86. The highest BCUT2D eigenvalue weighted by molar-refractivity contribution is 7.17. The molecule has 2 aromatic rings. The lowest BCUT2D eigenvalue weighted by Crippen LogP contribution is -1.89. The largest absolute Gasteiger partial charge is 0.477 e. The number of rotatable bonds is 2. The van der Waals surface area contributed by atoms with Crippen molar-refractivity contribution in [1.82, 2.24) is 9.55 Å². The number of imidazole rings is 1. The first-order chi connectivity index (χ1) is 6.68. The van der Waals surface area contributed by atoms with Gasteiger partial charge in [-0.05, 0) is 12.1 Å². The van der Waals surface area contributed by atoms with Crippen molar-refractivity contribution in [1.29, 1.82) is 0 Å². The Morgan fingerprint density at radius 1 is 1.57 bits per heavy atom. The summed E-state index contributed by atoms with van der Waals surface area (Å²) >= 11 is 1.25. The Morgan fingerprint density at radius 2 is 2.36 bits per heavy atom. The molecule has 0 saturated carbocycles. The third-order valence-electron chi connectivity index (χ3n) is 1.89. The van der Waals surface area contributed by atoms with Gasteiger partial charge in [-0.2, -0.15) is 0 Å². The number of carboxylic acid groups (broad SMARTS) is 1. The second kappa shape index (κ2) is 3.26. The van der Waals surface area contributed by atoms with Crippen LogP contribution in [0.25, 0.3) is 10.6 Å². The van der Waals surface area contributed by atoms with Gasteiger partial charge in [-0.15, -0.1) is 11.3 Å². The summed E-state index contributed by atoms with van der Waals surface area (Å²) in [6.45, 7) is 0. The molecule has 0 unspecified atom stereocenters. The number of aryl methyl sites for hydroxylation is 1. The maximum absolute atomic E-state index is 10.7. The Hall–Kier alpha value is -1.62. The van der Waals surface area contributed by atoms with E-state index in [0.717, 1.165) is 10.6 Å². The summed E-state index contributed by atoms with van der Waals surface area (Å²) in [6.07, 6.45) is 3.41. The fraction of sp³-hybridized carbons (Fsp3) is 0.111. The smallest absolute Gasteiger partial charge is 0.345 e. The van der Waals surface area contributed by atoms with Crippen LogP contribution in [-0.2, 0) is 7.05 Å². The Labute approximate surface area is 84.5 Å². The molecule has 14 heavy (non-hydrogen) atoms. The van der Waals surface area contributed by atoms with Gasteiger partial charge in [0, 0.05) is 7.05 Å². The number of aromatic carboxylic acids is 1. The van der Waals surface area contributed by atoms with Gasteiger partial charge < -0.3 is 9.67 Å². The number of thiophene rings is 1. The van der Waals surface area contributed by atoms with E-state index in [9.17, 15) is 4.79 Å². The monoisotopic (exact) mass is 208 g/mol. The van der Waals surface area contributed by atoms with E-state index in [0.29, 0.717) is 4.88 Å². The zero-order valence-electron chi connectivity index (χ0n) is 7.47. The Morgan fingerprint density at radius 3 is 2.86 bits per heavy atom. The molecule has 5 heteroatoms. The summed E-state index contributed by atoms with van der Waals surface area (Å²) in [7, 11) is 1.88. The predicted octanol–water partition coefficient (Wildman–Crippen LogP) is 1.85. The van der Waals surface area contributed by atoms with Crippen LogP contribution in [0.2, 0.25) is 0 Å². The second-order valence-corrected chi connectivity index (χ2v) is 3.94. The van der Waals surface area contributed by atoms with Crippen molar-refractivity contribution in [2.75, 3.05) is 0 Å². The fourth-order valence-electron chi connectivity index (χ4n) is 1.19. The van der Waals surface area contributed by atoms with E-state index in [1.807, 2.05) is 11.6 Å². The molecular formula is C9H8N2O2S. The predicted molar refractivity (Wildman–Crippen MR) is 53.5 cm³/mol. The van der Waals surface area contributed by atoms with E-state index in [2.05, 4.69) is 4.98 Å². The van der Waals surface area contributed by atoms with E-state index in [4.69, 9.17) is 5.11 Å². The minimum absolute atomic E-state index is 0.348. The third kappa shape index (κ3) is 1.42. The van der Waals surface area contributed by atoms with E-state index >= 15 is 0 Å². The van der Waals surface area contributed by atoms with Crippen LogP contribution in [0, 0.1) is 0 Å². The van der Waals surface area contributed by atoms with Crippen LogP contribution in [0.1, 0.15) is 9.67 Å². The van der Waals surface area contributed by atoms with Gasteiger partial charge in [-0.3, -0.25) is 0 Å². The maximum atomic E-state index is 10.7. The molecule has 0 aliphatic carbocycles. The van der Waals surface area contributed by atoms with Crippen LogP contribution in [0.3, 0.4) is 0 Å². The lowest BCUT2D eigenvalue weighted by molar-refractivity contribution is 0.0702. The molecule has 0 aromatic carbocycles. The van der Waals surface area contributed by atoms with Crippen LogP contribution in [0.4, 0.5) is 0 Å². The van der Waals surface area contributed by atoms with Gasteiger partial charge in [0.25, 0.3) is 0 Å². The molecule has 0 bridgehead atoms. The number of hydrogen-bond acceptors (Lipinski definition) is 3. The van der Waals surface area contributed by atoms with Gasteiger partial charge in [0.2, 0.25) is 0 Å². The van der Waals surface area contributed by atoms with Crippen LogP contribution < -0.4 is 0 Å². The highest BCUT2D eigenvalue weighted by atomic mass is 32.1. The maximum Gasteiger partial charge on any atom is 0.345 e. The van der Waals surface area contributed by atoms with Gasteiger partial charge in [-0.1, -0.05) is 0 Å². The topological polar surface area (TPSA) is 55.1 Å². The van der Waals surface area contributed by atoms with Crippen LogP contribution >= 0.6 is 11.3 Å². The van der Waals surface area contributed by atoms with Gasteiger partial charge in [0.1, 0.15) is 4.88 Å². The molecule has 4 nitrogen and oxygen atoms in total. The average molecular weight is 208 g/mol. The SMILES string of the molecule is Cn1cncc1-c1ccc(C(=O)O)s1. The normalized spacial score (nSPS) is 10.4.